The fourth-order valence-corrected chi connectivity index (χ4v) is 4.50. The summed E-state index contributed by atoms with van der Waals surface area (Å²) in [7, 11) is 0. The molecule has 3 nitrogen and oxygen atoms in total. The maximum atomic E-state index is 4.93. The van der Waals surface area contributed by atoms with Crippen LogP contribution in [-0.2, 0) is 6.54 Å². The van der Waals surface area contributed by atoms with Crippen molar-refractivity contribution in [1.29, 1.82) is 0 Å². The second kappa shape index (κ2) is 5.31. The van der Waals surface area contributed by atoms with Crippen LogP contribution in [0.3, 0.4) is 0 Å². The normalized spacial score (nSPS) is 14.1. The van der Waals surface area contributed by atoms with Crippen molar-refractivity contribution in [3.05, 3.63) is 41.5 Å². The van der Waals surface area contributed by atoms with E-state index in [1.807, 2.05) is 24.2 Å². The molecule has 4 rings (SSSR count). The van der Waals surface area contributed by atoms with Gasteiger partial charge in [-0.15, -0.1) is 11.3 Å². The minimum Gasteiger partial charge on any atom is -0.318 e. The number of aryl methyl sites for hydroxylation is 1. The summed E-state index contributed by atoms with van der Waals surface area (Å²) >= 11 is 3.63. The molecule has 0 bridgehead atoms. The van der Waals surface area contributed by atoms with Crippen LogP contribution in [-0.4, -0.2) is 20.3 Å². The van der Waals surface area contributed by atoms with Crippen molar-refractivity contribution in [2.75, 3.05) is 5.75 Å². The molecule has 0 saturated heterocycles. The van der Waals surface area contributed by atoms with Crippen LogP contribution >= 0.6 is 23.1 Å². The topological polar surface area (TPSA) is 30.7 Å². The van der Waals surface area contributed by atoms with Crippen molar-refractivity contribution >= 4 is 23.1 Å². The van der Waals surface area contributed by atoms with Crippen LogP contribution in [0.4, 0.5) is 0 Å². The van der Waals surface area contributed by atoms with E-state index in [2.05, 4.69) is 40.1 Å². The molecular formula is C16H15N3S2. The molecule has 0 spiro atoms. The van der Waals surface area contributed by atoms with E-state index in [1.165, 1.54) is 28.1 Å². The molecule has 5 heteroatoms. The summed E-state index contributed by atoms with van der Waals surface area (Å²) in [5, 5.41) is 3.34. The van der Waals surface area contributed by atoms with Gasteiger partial charge in [0, 0.05) is 30.3 Å². The van der Waals surface area contributed by atoms with E-state index in [0.717, 1.165) is 23.1 Å². The lowest BCUT2D eigenvalue weighted by Gasteiger charge is -2.16. The number of thioether (sulfide) groups is 1. The van der Waals surface area contributed by atoms with Crippen LogP contribution in [0.25, 0.3) is 21.8 Å². The monoisotopic (exact) mass is 313 g/mol. The van der Waals surface area contributed by atoms with Crippen molar-refractivity contribution < 1.29 is 0 Å². The van der Waals surface area contributed by atoms with Gasteiger partial charge < -0.3 is 4.57 Å². The lowest BCUT2D eigenvalue weighted by molar-refractivity contribution is 0.612. The van der Waals surface area contributed by atoms with Crippen molar-refractivity contribution in [2.45, 2.75) is 25.0 Å². The maximum Gasteiger partial charge on any atom is 0.169 e. The molecule has 0 N–H and O–H groups in total. The summed E-state index contributed by atoms with van der Waals surface area (Å²) in [4.78, 5) is 10.3. The highest BCUT2D eigenvalue weighted by molar-refractivity contribution is 7.99. The van der Waals surface area contributed by atoms with E-state index in [0.29, 0.717) is 0 Å². The first-order valence-electron chi connectivity index (χ1n) is 7.02. The Morgan fingerprint density at radius 2 is 2.10 bits per heavy atom. The third kappa shape index (κ3) is 2.30. The molecule has 4 heterocycles. The Kier molecular flexibility index (Phi) is 3.31. The Morgan fingerprint density at radius 1 is 1.24 bits per heavy atom. The molecule has 3 aromatic rings. The summed E-state index contributed by atoms with van der Waals surface area (Å²) in [5.41, 5.74) is 4.85. The molecular weight excluding hydrogens is 298 g/mol. The molecule has 0 unspecified atom stereocenters. The zero-order valence-corrected chi connectivity index (χ0v) is 13.4. The lowest BCUT2D eigenvalue weighted by Crippen LogP contribution is -2.08. The second-order valence-corrected chi connectivity index (χ2v) is 7.14. The number of rotatable bonds is 2. The van der Waals surface area contributed by atoms with Crippen molar-refractivity contribution in [1.82, 2.24) is 14.5 Å². The molecule has 0 aromatic carbocycles. The zero-order chi connectivity index (χ0) is 14.2. The molecule has 1 aliphatic rings. The van der Waals surface area contributed by atoms with Gasteiger partial charge in [-0.2, -0.15) is 0 Å². The van der Waals surface area contributed by atoms with Gasteiger partial charge in [-0.05, 0) is 42.5 Å². The van der Waals surface area contributed by atoms with Crippen LogP contribution in [0.15, 0.2) is 41.1 Å². The highest BCUT2D eigenvalue weighted by Crippen LogP contribution is 2.39. The minimum absolute atomic E-state index is 1.05. The van der Waals surface area contributed by atoms with Crippen molar-refractivity contribution in [3.8, 4) is 21.8 Å². The van der Waals surface area contributed by atoms with Gasteiger partial charge in [0.15, 0.2) is 5.16 Å². The Balaban J connectivity index is 1.96. The van der Waals surface area contributed by atoms with Gasteiger partial charge in [0.2, 0.25) is 0 Å². The molecule has 0 amide bonds. The summed E-state index contributed by atoms with van der Waals surface area (Å²) in [6.45, 7) is 3.19. The smallest absolute Gasteiger partial charge is 0.169 e. The molecule has 0 saturated carbocycles. The summed E-state index contributed by atoms with van der Waals surface area (Å²) in [6, 6.07) is 6.38. The van der Waals surface area contributed by atoms with E-state index in [1.54, 1.807) is 11.3 Å². The minimum atomic E-state index is 1.05. The molecule has 3 aromatic heterocycles. The van der Waals surface area contributed by atoms with Crippen LogP contribution < -0.4 is 0 Å². The Morgan fingerprint density at radius 3 is 2.86 bits per heavy atom. The Bertz CT molecular complexity index is 774. The van der Waals surface area contributed by atoms with Crippen LogP contribution in [0.5, 0.6) is 0 Å². The van der Waals surface area contributed by atoms with Gasteiger partial charge in [0.05, 0.1) is 10.6 Å². The number of thiophene rings is 1. The van der Waals surface area contributed by atoms with E-state index < -0.39 is 0 Å². The van der Waals surface area contributed by atoms with E-state index in [4.69, 9.17) is 4.98 Å². The van der Waals surface area contributed by atoms with Crippen molar-refractivity contribution in [2.24, 2.45) is 0 Å². The maximum absolute atomic E-state index is 4.93. The molecule has 0 fully saturated rings. The number of nitrogens with zero attached hydrogens (tertiary/aromatic N) is 3. The number of aromatic nitrogens is 3. The number of imidazole rings is 1. The third-order valence-corrected chi connectivity index (χ3v) is 5.72. The van der Waals surface area contributed by atoms with Gasteiger partial charge in [-0.25, -0.2) is 4.98 Å². The quantitative estimate of drug-likeness (QED) is 0.699. The SMILES string of the molecule is Cc1csc(-c2nc3n(c2-c2ccncc2)CCCS3)c1. The standard InChI is InChI=1S/C16H15N3S2/c1-11-9-13(21-10-11)14-15(12-3-5-17-6-4-12)19-7-2-8-20-16(19)18-14/h3-6,9-10H,2,7-8H2,1H3. The molecule has 0 atom stereocenters. The molecule has 0 aliphatic carbocycles. The Hall–Kier alpha value is -1.59. The molecule has 21 heavy (non-hydrogen) atoms. The highest BCUT2D eigenvalue weighted by Gasteiger charge is 2.23. The fraction of sp³-hybridized carbons (Fsp3) is 0.250. The Labute approximate surface area is 132 Å². The summed E-state index contributed by atoms with van der Waals surface area (Å²) < 4.78 is 2.37. The van der Waals surface area contributed by atoms with Crippen LogP contribution in [0.1, 0.15) is 12.0 Å². The number of pyridine rings is 1. The van der Waals surface area contributed by atoms with Crippen LogP contribution in [0, 0.1) is 6.92 Å². The van der Waals surface area contributed by atoms with Gasteiger partial charge in [-0.3, -0.25) is 4.98 Å². The first-order chi connectivity index (χ1) is 10.3. The second-order valence-electron chi connectivity index (χ2n) is 5.17. The molecule has 1 aliphatic heterocycles. The highest BCUT2D eigenvalue weighted by atomic mass is 32.2. The van der Waals surface area contributed by atoms with Gasteiger partial charge in [0.25, 0.3) is 0 Å². The van der Waals surface area contributed by atoms with E-state index in [9.17, 15) is 0 Å². The zero-order valence-electron chi connectivity index (χ0n) is 11.7. The number of hydrogen-bond donors (Lipinski definition) is 0. The summed E-state index contributed by atoms with van der Waals surface area (Å²) in [5.74, 6) is 1.16. The average molecular weight is 313 g/mol. The molecule has 0 radical (unpaired) electrons. The van der Waals surface area contributed by atoms with E-state index >= 15 is 0 Å². The number of fused-ring (bicyclic) bond motifs is 1. The predicted molar refractivity (Wildman–Crippen MR) is 88.8 cm³/mol. The van der Waals surface area contributed by atoms with Gasteiger partial charge >= 0.3 is 0 Å². The first kappa shape index (κ1) is 13.1. The molecule has 106 valence electrons. The van der Waals surface area contributed by atoms with Crippen molar-refractivity contribution in [3.63, 3.8) is 0 Å². The summed E-state index contributed by atoms with van der Waals surface area (Å²) in [6.07, 6.45) is 4.92. The van der Waals surface area contributed by atoms with Gasteiger partial charge in [0.1, 0.15) is 5.69 Å². The van der Waals surface area contributed by atoms with Crippen LogP contribution in [0.2, 0.25) is 0 Å². The first-order valence-corrected chi connectivity index (χ1v) is 8.88. The van der Waals surface area contributed by atoms with E-state index in [-0.39, 0.29) is 0 Å². The fourth-order valence-electron chi connectivity index (χ4n) is 2.67. The average Bonchev–Trinajstić information content (AvgIpc) is 3.11. The number of hydrogen-bond acceptors (Lipinski definition) is 4. The largest absolute Gasteiger partial charge is 0.318 e. The van der Waals surface area contributed by atoms with Gasteiger partial charge in [-0.1, -0.05) is 11.8 Å². The predicted octanol–water partition coefficient (Wildman–Crippen LogP) is 4.48. The lowest BCUT2D eigenvalue weighted by atomic mass is 10.1. The third-order valence-electron chi connectivity index (χ3n) is 3.61.